The van der Waals surface area contributed by atoms with E-state index in [0.29, 0.717) is 6.04 Å². The maximum atomic E-state index is 4.34. The Labute approximate surface area is 102 Å². The van der Waals surface area contributed by atoms with E-state index in [1.165, 1.54) is 5.75 Å². The van der Waals surface area contributed by atoms with Crippen LogP contribution in [0.5, 0.6) is 0 Å². The van der Waals surface area contributed by atoms with E-state index in [9.17, 15) is 0 Å². The van der Waals surface area contributed by atoms with Gasteiger partial charge in [-0.05, 0) is 40.0 Å². The molecule has 0 bridgehead atoms. The summed E-state index contributed by atoms with van der Waals surface area (Å²) in [6.45, 7) is 8.15. The summed E-state index contributed by atoms with van der Waals surface area (Å²) < 4.78 is 1.98. The van der Waals surface area contributed by atoms with Gasteiger partial charge in [0.1, 0.15) is 11.6 Å². The van der Waals surface area contributed by atoms with Gasteiger partial charge in [-0.15, -0.1) is 0 Å². The highest BCUT2D eigenvalue weighted by molar-refractivity contribution is 7.98. The number of nitrogens with zero attached hydrogens (tertiary/aromatic N) is 3. The second-order valence-corrected chi connectivity index (χ2v) is 5.00. The van der Waals surface area contributed by atoms with E-state index in [1.807, 2.05) is 30.3 Å². The fraction of sp³-hybridized carbons (Fsp3) is 0.818. The monoisotopic (exact) mass is 242 g/mol. The van der Waals surface area contributed by atoms with Crippen molar-refractivity contribution in [3.05, 3.63) is 11.6 Å². The Morgan fingerprint density at radius 2 is 2.19 bits per heavy atom. The molecule has 1 rings (SSSR count). The molecule has 0 aliphatic rings. The second kappa shape index (κ2) is 6.91. The van der Waals surface area contributed by atoms with Crippen LogP contribution in [0, 0.1) is 13.8 Å². The van der Waals surface area contributed by atoms with E-state index in [4.69, 9.17) is 0 Å². The molecule has 4 nitrogen and oxygen atoms in total. The van der Waals surface area contributed by atoms with Crippen LogP contribution in [-0.4, -0.2) is 39.4 Å². The van der Waals surface area contributed by atoms with Gasteiger partial charge in [0.2, 0.25) is 0 Å². The smallest absolute Gasteiger partial charge is 0.147 e. The molecule has 0 saturated carbocycles. The van der Waals surface area contributed by atoms with Crippen molar-refractivity contribution in [2.24, 2.45) is 0 Å². The van der Waals surface area contributed by atoms with Gasteiger partial charge in [0.25, 0.3) is 0 Å². The third kappa shape index (κ3) is 4.53. The lowest BCUT2D eigenvalue weighted by Crippen LogP contribution is -2.29. The van der Waals surface area contributed by atoms with Crippen molar-refractivity contribution >= 4 is 11.8 Å². The Balaban J connectivity index is 2.18. The lowest BCUT2D eigenvalue weighted by atomic mass is 10.3. The van der Waals surface area contributed by atoms with Crippen molar-refractivity contribution in [3.63, 3.8) is 0 Å². The quantitative estimate of drug-likeness (QED) is 0.738. The predicted octanol–water partition coefficient (Wildman–Crippen LogP) is 1.63. The third-order valence-electron chi connectivity index (χ3n) is 2.42. The number of aryl methyl sites for hydroxylation is 3. The minimum Gasteiger partial charge on any atom is -0.313 e. The van der Waals surface area contributed by atoms with E-state index in [1.54, 1.807) is 0 Å². The minimum absolute atomic E-state index is 0.591. The molecule has 1 unspecified atom stereocenters. The highest BCUT2D eigenvalue weighted by Gasteiger charge is 2.02. The predicted molar refractivity (Wildman–Crippen MR) is 70.0 cm³/mol. The first-order chi connectivity index (χ1) is 7.63. The summed E-state index contributed by atoms with van der Waals surface area (Å²) in [7, 11) is 0. The molecule has 5 heteroatoms. The molecule has 1 N–H and O–H groups in total. The Hall–Kier alpha value is -0.550. The SMILES string of the molecule is CSCC(C)NCCCn1nc(C)nc1C. The van der Waals surface area contributed by atoms with Crippen molar-refractivity contribution in [1.29, 1.82) is 0 Å². The summed E-state index contributed by atoms with van der Waals surface area (Å²) in [6, 6.07) is 0.591. The van der Waals surface area contributed by atoms with Crippen molar-refractivity contribution in [2.75, 3.05) is 18.6 Å². The molecule has 92 valence electrons. The molecule has 0 spiro atoms. The summed E-state index contributed by atoms with van der Waals surface area (Å²) in [6.07, 6.45) is 3.24. The number of rotatable bonds is 7. The zero-order valence-corrected chi connectivity index (χ0v) is 11.5. The Bertz CT molecular complexity index is 311. The molecule has 0 saturated heterocycles. The van der Waals surface area contributed by atoms with Gasteiger partial charge in [-0.2, -0.15) is 16.9 Å². The second-order valence-electron chi connectivity index (χ2n) is 4.09. The summed E-state index contributed by atoms with van der Waals surface area (Å²) >= 11 is 1.88. The molecule has 0 radical (unpaired) electrons. The van der Waals surface area contributed by atoms with Gasteiger partial charge in [0.05, 0.1) is 0 Å². The number of hydrogen-bond acceptors (Lipinski definition) is 4. The molecule has 0 aliphatic heterocycles. The highest BCUT2D eigenvalue weighted by atomic mass is 32.2. The van der Waals surface area contributed by atoms with Gasteiger partial charge in [-0.3, -0.25) is 4.68 Å². The maximum absolute atomic E-state index is 4.34. The van der Waals surface area contributed by atoms with Crippen LogP contribution in [0.1, 0.15) is 25.0 Å². The molecule has 0 aliphatic carbocycles. The van der Waals surface area contributed by atoms with E-state index in [0.717, 1.165) is 31.2 Å². The molecule has 1 heterocycles. The Morgan fingerprint density at radius 1 is 1.44 bits per heavy atom. The van der Waals surface area contributed by atoms with Crippen molar-refractivity contribution in [3.8, 4) is 0 Å². The van der Waals surface area contributed by atoms with E-state index in [2.05, 4.69) is 28.6 Å². The van der Waals surface area contributed by atoms with E-state index >= 15 is 0 Å². The molecule has 0 fully saturated rings. The number of nitrogens with one attached hydrogen (secondary N) is 1. The Morgan fingerprint density at radius 3 is 2.75 bits per heavy atom. The van der Waals surface area contributed by atoms with Crippen LogP contribution in [0.2, 0.25) is 0 Å². The first-order valence-electron chi connectivity index (χ1n) is 5.74. The van der Waals surface area contributed by atoms with Crippen LogP contribution >= 0.6 is 11.8 Å². The normalized spacial score (nSPS) is 13.0. The number of aromatic nitrogens is 3. The van der Waals surface area contributed by atoms with Crippen molar-refractivity contribution < 1.29 is 0 Å². The molecule has 1 aromatic heterocycles. The zero-order valence-electron chi connectivity index (χ0n) is 10.7. The molecule has 1 atom stereocenters. The molecule has 0 amide bonds. The lowest BCUT2D eigenvalue weighted by molar-refractivity contribution is 0.508. The van der Waals surface area contributed by atoms with Gasteiger partial charge >= 0.3 is 0 Å². The summed E-state index contributed by atoms with van der Waals surface area (Å²) in [5.41, 5.74) is 0. The molecular formula is C11H22N4S. The van der Waals surface area contributed by atoms with Crippen LogP contribution in [0.25, 0.3) is 0 Å². The maximum Gasteiger partial charge on any atom is 0.147 e. The molecular weight excluding hydrogens is 220 g/mol. The largest absolute Gasteiger partial charge is 0.313 e. The van der Waals surface area contributed by atoms with Gasteiger partial charge in [-0.25, -0.2) is 4.98 Å². The van der Waals surface area contributed by atoms with Gasteiger partial charge in [0.15, 0.2) is 0 Å². The Kier molecular flexibility index (Phi) is 5.84. The summed E-state index contributed by atoms with van der Waals surface area (Å²) in [4.78, 5) is 4.28. The van der Waals surface area contributed by atoms with Gasteiger partial charge in [-0.1, -0.05) is 0 Å². The van der Waals surface area contributed by atoms with Crippen LogP contribution in [0.3, 0.4) is 0 Å². The van der Waals surface area contributed by atoms with Crippen molar-refractivity contribution in [2.45, 2.75) is 39.8 Å². The summed E-state index contributed by atoms with van der Waals surface area (Å²) in [5, 5.41) is 7.83. The van der Waals surface area contributed by atoms with E-state index in [-0.39, 0.29) is 0 Å². The molecule has 0 aromatic carbocycles. The van der Waals surface area contributed by atoms with Crippen LogP contribution < -0.4 is 5.32 Å². The minimum atomic E-state index is 0.591. The standard InChI is InChI=1S/C11H22N4S/c1-9(8-16-4)12-6-5-7-15-11(3)13-10(2)14-15/h9,12H,5-8H2,1-4H3. The molecule has 1 aromatic rings. The lowest BCUT2D eigenvalue weighted by Gasteiger charge is -2.12. The zero-order chi connectivity index (χ0) is 12.0. The first kappa shape index (κ1) is 13.5. The van der Waals surface area contributed by atoms with Crippen LogP contribution in [0.4, 0.5) is 0 Å². The van der Waals surface area contributed by atoms with Gasteiger partial charge in [0, 0.05) is 18.3 Å². The summed E-state index contributed by atoms with van der Waals surface area (Å²) in [5.74, 6) is 3.04. The molecule has 16 heavy (non-hydrogen) atoms. The van der Waals surface area contributed by atoms with Crippen LogP contribution in [-0.2, 0) is 6.54 Å². The van der Waals surface area contributed by atoms with Crippen LogP contribution in [0.15, 0.2) is 0 Å². The number of hydrogen-bond donors (Lipinski definition) is 1. The average Bonchev–Trinajstić information content (AvgIpc) is 2.53. The fourth-order valence-corrected chi connectivity index (χ4v) is 2.28. The third-order valence-corrected chi connectivity index (χ3v) is 3.25. The average molecular weight is 242 g/mol. The van der Waals surface area contributed by atoms with Crippen molar-refractivity contribution in [1.82, 2.24) is 20.1 Å². The highest BCUT2D eigenvalue weighted by Crippen LogP contribution is 1.98. The fourth-order valence-electron chi connectivity index (χ4n) is 1.66. The first-order valence-corrected chi connectivity index (χ1v) is 7.13. The van der Waals surface area contributed by atoms with E-state index < -0.39 is 0 Å². The number of thioether (sulfide) groups is 1. The van der Waals surface area contributed by atoms with Gasteiger partial charge < -0.3 is 5.32 Å². The topological polar surface area (TPSA) is 42.7 Å².